The van der Waals surface area contributed by atoms with Crippen LogP contribution in [0.1, 0.15) is 27.2 Å². The maximum Gasteiger partial charge on any atom is 0.0773 e. The van der Waals surface area contributed by atoms with Gasteiger partial charge in [0, 0.05) is 0 Å². The lowest BCUT2D eigenvalue weighted by Gasteiger charge is -2.36. The molecule has 0 amide bonds. The molecule has 0 aliphatic heterocycles. The largest absolute Gasteiger partial charge is 0.854 e. The van der Waals surface area contributed by atoms with Crippen LogP contribution in [0, 0.1) is 0 Å². The van der Waals surface area contributed by atoms with Gasteiger partial charge < -0.3 is 9.59 Å². The molecule has 0 atom stereocenters. The third kappa shape index (κ3) is 4.29. The van der Waals surface area contributed by atoms with Crippen molar-refractivity contribution in [2.24, 2.45) is 0 Å². The van der Waals surface area contributed by atoms with E-state index in [1.807, 2.05) is 0 Å². The van der Waals surface area contributed by atoms with Gasteiger partial charge in [0.2, 0.25) is 0 Å². The molecule has 0 aliphatic carbocycles. The van der Waals surface area contributed by atoms with Crippen LogP contribution in [-0.4, -0.2) is 37.3 Å². The first kappa shape index (κ1) is 14.7. The van der Waals surface area contributed by atoms with E-state index >= 15 is 0 Å². The van der Waals surface area contributed by atoms with Gasteiger partial charge in [0.15, 0.2) is 0 Å². The van der Waals surface area contributed by atoms with E-state index in [-0.39, 0.29) is 19.0 Å². The van der Waals surface area contributed by atoms with E-state index in [0.29, 0.717) is 0 Å². The third-order valence-electron chi connectivity index (χ3n) is 2.79. The zero-order valence-electron chi connectivity index (χ0n) is 8.51. The molecule has 0 unspecified atom stereocenters. The van der Waals surface area contributed by atoms with E-state index in [9.17, 15) is 5.11 Å². The molecule has 0 heterocycles. The van der Waals surface area contributed by atoms with Gasteiger partial charge in [-0.15, -0.1) is 19.0 Å². The normalized spacial score (nSPS) is 11.0. The molecule has 12 heavy (non-hydrogen) atoms. The van der Waals surface area contributed by atoms with E-state index < -0.39 is 0 Å². The van der Waals surface area contributed by atoms with Crippen LogP contribution in [0.3, 0.4) is 0 Å². The standard InChI is InChI=1S/C9H21NO.ClH/c1-4-10(5-2,6-3)8-7-9-11;/h4-9H2,1-3H3;1H. The highest BCUT2D eigenvalue weighted by atomic mass is 35.5. The Labute approximate surface area is 82.6 Å². The molecular formula is C9H22ClNO. The summed E-state index contributed by atoms with van der Waals surface area (Å²) in [5, 5.41) is 10.3. The predicted octanol–water partition coefficient (Wildman–Crippen LogP) is 1.04. The summed E-state index contributed by atoms with van der Waals surface area (Å²) >= 11 is 0. The van der Waals surface area contributed by atoms with Crippen molar-refractivity contribution in [2.75, 3.05) is 32.8 Å². The predicted molar refractivity (Wildman–Crippen MR) is 53.5 cm³/mol. The monoisotopic (exact) mass is 195 g/mol. The summed E-state index contributed by atoms with van der Waals surface area (Å²) in [5.41, 5.74) is 0. The van der Waals surface area contributed by atoms with E-state index in [1.54, 1.807) is 0 Å². The van der Waals surface area contributed by atoms with Crippen LogP contribution in [-0.2, 0) is 0 Å². The zero-order chi connectivity index (χ0) is 8.74. The fourth-order valence-corrected chi connectivity index (χ4v) is 1.55. The van der Waals surface area contributed by atoms with Crippen molar-refractivity contribution in [1.29, 1.82) is 0 Å². The molecule has 0 radical (unpaired) electrons. The van der Waals surface area contributed by atoms with E-state index in [4.69, 9.17) is 0 Å². The molecule has 0 saturated heterocycles. The molecule has 0 aromatic heterocycles. The van der Waals surface area contributed by atoms with Gasteiger partial charge in [0.1, 0.15) is 0 Å². The SMILES string of the molecule is CC[N+](CC)(CC)CCC[O-].Cl. The fraction of sp³-hybridized carbons (Fsp3) is 1.00. The van der Waals surface area contributed by atoms with Crippen LogP contribution in [0.2, 0.25) is 0 Å². The number of halogens is 1. The second kappa shape index (κ2) is 7.84. The number of rotatable bonds is 6. The highest BCUT2D eigenvalue weighted by molar-refractivity contribution is 5.85. The lowest BCUT2D eigenvalue weighted by Crippen LogP contribution is -2.48. The molecular weight excluding hydrogens is 174 g/mol. The van der Waals surface area contributed by atoms with Gasteiger partial charge in [-0.05, 0) is 27.2 Å². The second-order valence-electron chi connectivity index (χ2n) is 3.07. The molecule has 0 saturated carbocycles. The van der Waals surface area contributed by atoms with Crippen LogP contribution in [0.4, 0.5) is 0 Å². The molecule has 0 N–H and O–H groups in total. The number of quaternary nitrogens is 1. The third-order valence-corrected chi connectivity index (χ3v) is 2.79. The molecule has 0 spiro atoms. The molecule has 0 rings (SSSR count). The summed E-state index contributed by atoms with van der Waals surface area (Å²) in [4.78, 5) is 0. The van der Waals surface area contributed by atoms with Gasteiger partial charge >= 0.3 is 0 Å². The molecule has 3 heteroatoms. The summed E-state index contributed by atoms with van der Waals surface area (Å²) in [6.45, 7) is 11.2. The van der Waals surface area contributed by atoms with E-state index in [1.165, 1.54) is 0 Å². The minimum atomic E-state index is 0. The minimum Gasteiger partial charge on any atom is -0.854 e. The summed E-state index contributed by atoms with van der Waals surface area (Å²) in [7, 11) is 0. The quantitative estimate of drug-likeness (QED) is 0.581. The number of hydrogen-bond donors (Lipinski definition) is 0. The van der Waals surface area contributed by atoms with Crippen molar-refractivity contribution < 1.29 is 9.59 Å². The van der Waals surface area contributed by atoms with E-state index in [2.05, 4.69) is 20.8 Å². The Kier molecular flexibility index (Phi) is 9.61. The van der Waals surface area contributed by atoms with Gasteiger partial charge in [-0.25, -0.2) is 0 Å². The average Bonchev–Trinajstić information content (AvgIpc) is 2.08. The number of hydrogen-bond acceptors (Lipinski definition) is 1. The summed E-state index contributed by atoms with van der Waals surface area (Å²) in [6.07, 6.45) is 0.829. The maximum absolute atomic E-state index is 10.3. The van der Waals surface area contributed by atoms with Crippen molar-refractivity contribution >= 4 is 12.4 Å². The number of nitrogens with zero attached hydrogens (tertiary/aromatic N) is 1. The van der Waals surface area contributed by atoms with Crippen LogP contribution in [0.15, 0.2) is 0 Å². The lowest BCUT2D eigenvalue weighted by atomic mass is 10.3. The van der Waals surface area contributed by atoms with Crippen LogP contribution >= 0.6 is 12.4 Å². The lowest BCUT2D eigenvalue weighted by molar-refractivity contribution is -0.923. The molecule has 0 fully saturated rings. The molecule has 76 valence electrons. The molecule has 0 bridgehead atoms. The van der Waals surface area contributed by atoms with Crippen LogP contribution in [0.5, 0.6) is 0 Å². The van der Waals surface area contributed by atoms with E-state index in [0.717, 1.165) is 37.1 Å². The van der Waals surface area contributed by atoms with Gasteiger partial charge in [0.05, 0.1) is 26.2 Å². The Morgan fingerprint density at radius 2 is 1.42 bits per heavy atom. The maximum atomic E-state index is 10.3. The van der Waals surface area contributed by atoms with Gasteiger partial charge in [0.25, 0.3) is 0 Å². The Balaban J connectivity index is 0. The molecule has 0 aliphatic rings. The molecule has 0 aromatic rings. The first-order valence-corrected chi connectivity index (χ1v) is 4.67. The first-order valence-electron chi connectivity index (χ1n) is 4.67. The fourth-order valence-electron chi connectivity index (χ4n) is 1.55. The van der Waals surface area contributed by atoms with Crippen LogP contribution in [0.25, 0.3) is 0 Å². The summed E-state index contributed by atoms with van der Waals surface area (Å²) < 4.78 is 1.11. The van der Waals surface area contributed by atoms with Gasteiger partial charge in [-0.1, -0.05) is 0 Å². The Morgan fingerprint density at radius 1 is 1.00 bits per heavy atom. The van der Waals surface area contributed by atoms with Gasteiger partial charge in [-0.3, -0.25) is 0 Å². The Bertz CT molecular complexity index is 86.3. The Morgan fingerprint density at radius 3 is 1.67 bits per heavy atom. The van der Waals surface area contributed by atoms with Crippen LogP contribution < -0.4 is 5.11 Å². The van der Waals surface area contributed by atoms with Crippen molar-refractivity contribution in [3.05, 3.63) is 0 Å². The highest BCUT2D eigenvalue weighted by Crippen LogP contribution is 2.05. The smallest absolute Gasteiger partial charge is 0.0773 e. The topological polar surface area (TPSA) is 23.1 Å². The van der Waals surface area contributed by atoms with Crippen molar-refractivity contribution in [3.63, 3.8) is 0 Å². The Hall–Kier alpha value is 0.210. The van der Waals surface area contributed by atoms with Gasteiger partial charge in [-0.2, -0.15) is 0 Å². The second-order valence-corrected chi connectivity index (χ2v) is 3.07. The summed E-state index contributed by atoms with van der Waals surface area (Å²) in [5.74, 6) is 0. The zero-order valence-corrected chi connectivity index (χ0v) is 9.32. The first-order chi connectivity index (χ1) is 5.24. The van der Waals surface area contributed by atoms with Crippen molar-refractivity contribution in [3.8, 4) is 0 Å². The minimum absolute atomic E-state index is 0. The summed E-state index contributed by atoms with van der Waals surface area (Å²) in [6, 6.07) is 0. The van der Waals surface area contributed by atoms with Crippen molar-refractivity contribution in [2.45, 2.75) is 27.2 Å². The molecule has 2 nitrogen and oxygen atoms in total. The highest BCUT2D eigenvalue weighted by Gasteiger charge is 2.18. The van der Waals surface area contributed by atoms with Crippen molar-refractivity contribution in [1.82, 2.24) is 0 Å². The average molecular weight is 196 g/mol. The molecule has 0 aromatic carbocycles.